The van der Waals surface area contributed by atoms with Gasteiger partial charge in [-0.3, -0.25) is 4.79 Å². The molecule has 0 N–H and O–H groups in total. The minimum absolute atomic E-state index is 0.0371. The largest absolute Gasteiger partial charge is 0.302 e. The van der Waals surface area contributed by atoms with Crippen molar-refractivity contribution in [3.8, 4) is 12.3 Å². The quantitative estimate of drug-likeness (QED) is 0.505. The van der Waals surface area contributed by atoms with Crippen LogP contribution in [0.25, 0.3) is 10.2 Å². The van der Waals surface area contributed by atoms with Crippen LogP contribution in [0.3, 0.4) is 0 Å². The van der Waals surface area contributed by atoms with Crippen molar-refractivity contribution < 1.29 is 22.4 Å². The highest BCUT2D eigenvalue weighted by atomic mass is 32.1. The Balaban J connectivity index is 2.26. The summed E-state index contributed by atoms with van der Waals surface area (Å²) in [6.45, 7) is -0.158. The van der Waals surface area contributed by atoms with Gasteiger partial charge in [0.15, 0.2) is 10.6 Å². The molecule has 0 saturated heterocycles. The number of carbonyl (C=O) groups is 1. The van der Waals surface area contributed by atoms with Gasteiger partial charge >= 0.3 is 0 Å². The van der Waals surface area contributed by atoms with Gasteiger partial charge in [-0.05, 0) is 18.2 Å². The second-order valence-electron chi connectivity index (χ2n) is 4.92. The van der Waals surface area contributed by atoms with E-state index < -0.39 is 34.7 Å². The van der Waals surface area contributed by atoms with E-state index in [9.17, 15) is 22.4 Å². The zero-order valence-corrected chi connectivity index (χ0v) is 13.2. The Kier molecular flexibility index (Phi) is 4.42. The van der Waals surface area contributed by atoms with Crippen LogP contribution < -0.4 is 4.80 Å². The van der Waals surface area contributed by atoms with E-state index in [1.54, 1.807) is 0 Å². The second-order valence-corrected chi connectivity index (χ2v) is 5.93. The van der Waals surface area contributed by atoms with E-state index in [-0.39, 0.29) is 21.6 Å². The van der Waals surface area contributed by atoms with Crippen LogP contribution in [0.5, 0.6) is 0 Å². The number of carbonyl (C=O) groups excluding carboxylic acids is 1. The van der Waals surface area contributed by atoms with Crippen molar-refractivity contribution in [3.05, 3.63) is 64.0 Å². The smallest absolute Gasteiger partial charge is 0.285 e. The van der Waals surface area contributed by atoms with Crippen LogP contribution in [0.2, 0.25) is 0 Å². The maximum atomic E-state index is 14.1. The summed E-state index contributed by atoms with van der Waals surface area (Å²) in [5.41, 5.74) is -0.872. The summed E-state index contributed by atoms with van der Waals surface area (Å²) >= 11 is 0.782. The Bertz CT molecular complexity index is 1090. The van der Waals surface area contributed by atoms with E-state index in [0.717, 1.165) is 35.6 Å². The van der Waals surface area contributed by atoms with E-state index in [0.29, 0.717) is 6.07 Å². The average molecular weight is 364 g/mol. The molecule has 126 valence electrons. The number of fused-ring (bicyclic) bond motifs is 1. The molecule has 0 saturated carbocycles. The first kappa shape index (κ1) is 16.9. The maximum Gasteiger partial charge on any atom is 0.285 e. The zero-order chi connectivity index (χ0) is 18.1. The summed E-state index contributed by atoms with van der Waals surface area (Å²) in [4.78, 5) is 15.7. The van der Waals surface area contributed by atoms with Crippen molar-refractivity contribution in [2.45, 2.75) is 6.54 Å². The van der Waals surface area contributed by atoms with Gasteiger partial charge in [-0.1, -0.05) is 23.3 Å². The molecule has 0 bridgehead atoms. The molecule has 1 amide bonds. The van der Waals surface area contributed by atoms with Crippen LogP contribution in [0, 0.1) is 35.6 Å². The van der Waals surface area contributed by atoms with Crippen molar-refractivity contribution >= 4 is 27.5 Å². The number of amides is 1. The Labute approximate surface area is 142 Å². The highest BCUT2D eigenvalue weighted by Gasteiger charge is 2.18. The molecule has 0 aliphatic rings. The number of halogens is 4. The topological polar surface area (TPSA) is 34.4 Å². The van der Waals surface area contributed by atoms with Gasteiger partial charge in [0.05, 0.1) is 16.8 Å². The Hall–Kier alpha value is -2.92. The van der Waals surface area contributed by atoms with Crippen LogP contribution >= 0.6 is 11.3 Å². The molecule has 3 nitrogen and oxygen atoms in total. The van der Waals surface area contributed by atoms with Gasteiger partial charge in [-0.25, -0.2) is 17.6 Å². The van der Waals surface area contributed by atoms with Gasteiger partial charge in [0.25, 0.3) is 5.91 Å². The number of hydrogen-bond donors (Lipinski definition) is 0. The Morgan fingerprint density at radius 1 is 1.16 bits per heavy atom. The molecule has 0 atom stereocenters. The maximum absolute atomic E-state index is 14.1. The van der Waals surface area contributed by atoms with Gasteiger partial charge in [0.1, 0.15) is 23.0 Å². The fraction of sp³-hybridized carbons (Fsp3) is 0.0588. The third-order valence-electron chi connectivity index (χ3n) is 3.32. The molecule has 0 radical (unpaired) electrons. The third-order valence-corrected chi connectivity index (χ3v) is 4.34. The molecule has 2 aromatic carbocycles. The Morgan fingerprint density at radius 2 is 1.84 bits per heavy atom. The van der Waals surface area contributed by atoms with E-state index in [2.05, 4.69) is 10.9 Å². The second kappa shape index (κ2) is 6.53. The molecule has 0 aliphatic carbocycles. The molecular weight excluding hydrogens is 356 g/mol. The van der Waals surface area contributed by atoms with Crippen molar-refractivity contribution in [1.82, 2.24) is 4.57 Å². The van der Waals surface area contributed by atoms with Gasteiger partial charge in [0.2, 0.25) is 0 Å². The molecule has 0 aliphatic heterocycles. The minimum atomic E-state index is -1.19. The van der Waals surface area contributed by atoms with Crippen LogP contribution in [0.1, 0.15) is 10.4 Å². The predicted molar refractivity (Wildman–Crippen MR) is 84.8 cm³/mol. The van der Waals surface area contributed by atoms with Crippen LogP contribution in [-0.4, -0.2) is 10.5 Å². The summed E-state index contributed by atoms with van der Waals surface area (Å²) in [7, 11) is 0. The van der Waals surface area contributed by atoms with Crippen molar-refractivity contribution in [1.29, 1.82) is 0 Å². The fourth-order valence-corrected chi connectivity index (χ4v) is 3.36. The molecule has 0 fully saturated rings. The summed E-state index contributed by atoms with van der Waals surface area (Å²) in [5, 5.41) is 0. The lowest BCUT2D eigenvalue weighted by atomic mass is 10.2. The number of benzene rings is 2. The van der Waals surface area contributed by atoms with Gasteiger partial charge in [0, 0.05) is 6.07 Å². The zero-order valence-electron chi connectivity index (χ0n) is 12.4. The highest BCUT2D eigenvalue weighted by Crippen LogP contribution is 2.22. The summed E-state index contributed by atoms with van der Waals surface area (Å²) in [6.07, 6.45) is 5.24. The molecule has 3 aromatic rings. The molecule has 0 unspecified atom stereocenters. The average Bonchev–Trinajstić information content (AvgIpc) is 2.85. The predicted octanol–water partition coefficient (Wildman–Crippen LogP) is 3.63. The number of nitrogens with zero attached hydrogens (tertiary/aromatic N) is 2. The third kappa shape index (κ3) is 3.06. The summed E-state index contributed by atoms with van der Waals surface area (Å²) in [6, 6.07) is 4.67. The summed E-state index contributed by atoms with van der Waals surface area (Å²) in [5.74, 6) is -2.75. The first-order chi connectivity index (χ1) is 11.9. The summed E-state index contributed by atoms with van der Waals surface area (Å²) < 4.78 is 56.2. The normalized spacial score (nSPS) is 11.7. The van der Waals surface area contributed by atoms with Crippen LogP contribution in [-0.2, 0) is 6.54 Å². The molecule has 1 aromatic heterocycles. The fourth-order valence-electron chi connectivity index (χ4n) is 2.30. The van der Waals surface area contributed by atoms with Gasteiger partial charge in [-0.15, -0.1) is 6.42 Å². The van der Waals surface area contributed by atoms with Crippen molar-refractivity contribution in [2.24, 2.45) is 4.99 Å². The molecule has 1 heterocycles. The van der Waals surface area contributed by atoms with Gasteiger partial charge < -0.3 is 4.57 Å². The van der Waals surface area contributed by atoms with Crippen molar-refractivity contribution in [3.63, 3.8) is 0 Å². The first-order valence-corrected chi connectivity index (χ1v) is 7.69. The number of rotatable bonds is 2. The lowest BCUT2D eigenvalue weighted by Gasteiger charge is -2.02. The lowest BCUT2D eigenvalue weighted by Crippen LogP contribution is -2.18. The molecular formula is C17H8F4N2OS. The van der Waals surface area contributed by atoms with Crippen molar-refractivity contribution in [2.75, 3.05) is 0 Å². The lowest BCUT2D eigenvalue weighted by molar-refractivity contribution is 0.0990. The number of terminal acetylenes is 1. The van der Waals surface area contributed by atoms with Crippen LogP contribution in [0.4, 0.5) is 17.6 Å². The van der Waals surface area contributed by atoms with Gasteiger partial charge in [-0.2, -0.15) is 4.99 Å². The SMILES string of the molecule is C#CCn1c(=NC(=O)c2c(F)cccc2F)sc2cc(F)cc(F)c21. The van der Waals surface area contributed by atoms with E-state index >= 15 is 0 Å². The molecule has 3 rings (SSSR count). The highest BCUT2D eigenvalue weighted by molar-refractivity contribution is 7.16. The number of thiazole rings is 1. The standard InChI is InChI=1S/C17H8F4N2OS/c1-2-6-23-15-12(21)7-9(18)8-13(15)25-17(23)22-16(24)14-10(19)4-3-5-11(14)20/h1,3-5,7-8H,6H2. The van der Waals surface area contributed by atoms with E-state index in [1.165, 1.54) is 4.57 Å². The molecule has 25 heavy (non-hydrogen) atoms. The minimum Gasteiger partial charge on any atom is -0.302 e. The molecule has 8 heteroatoms. The van der Waals surface area contributed by atoms with E-state index in [4.69, 9.17) is 6.42 Å². The number of aromatic nitrogens is 1. The van der Waals surface area contributed by atoms with Crippen LogP contribution in [0.15, 0.2) is 35.3 Å². The number of hydrogen-bond acceptors (Lipinski definition) is 2. The van der Waals surface area contributed by atoms with E-state index in [1.807, 2.05) is 0 Å². The monoisotopic (exact) mass is 364 g/mol. The Morgan fingerprint density at radius 3 is 2.48 bits per heavy atom. The molecule has 0 spiro atoms. The first-order valence-electron chi connectivity index (χ1n) is 6.87.